The Labute approximate surface area is 159 Å². The van der Waals surface area contributed by atoms with Gasteiger partial charge in [0.2, 0.25) is 6.79 Å². The Balaban J connectivity index is 1.30. The second kappa shape index (κ2) is 7.51. The molecule has 0 unspecified atom stereocenters. The summed E-state index contributed by atoms with van der Waals surface area (Å²) in [5.41, 5.74) is 3.59. The SMILES string of the molecule is Cc1ccccc1NC(=S)N1CC[NH+](Cc2ccc3c(c2)OCO3)CC1. The molecule has 1 fully saturated rings. The highest BCUT2D eigenvalue weighted by Gasteiger charge is 2.23. The lowest BCUT2D eigenvalue weighted by molar-refractivity contribution is -0.917. The lowest BCUT2D eigenvalue weighted by atomic mass is 10.1. The number of fused-ring (bicyclic) bond motifs is 1. The number of anilines is 1. The molecule has 0 atom stereocenters. The Kier molecular flexibility index (Phi) is 4.95. The van der Waals surface area contributed by atoms with Crippen LogP contribution < -0.4 is 19.7 Å². The van der Waals surface area contributed by atoms with Crippen LogP contribution in [0.2, 0.25) is 0 Å². The second-order valence-electron chi connectivity index (χ2n) is 6.85. The molecular weight excluding hydrogens is 346 g/mol. The number of benzene rings is 2. The first-order chi connectivity index (χ1) is 12.7. The van der Waals surface area contributed by atoms with Crippen molar-refractivity contribution in [1.82, 2.24) is 4.90 Å². The molecule has 0 aromatic heterocycles. The third kappa shape index (κ3) is 3.76. The molecule has 0 aliphatic carbocycles. The molecule has 4 rings (SSSR count). The summed E-state index contributed by atoms with van der Waals surface area (Å²) in [6.45, 7) is 7.51. The quantitative estimate of drug-likeness (QED) is 0.807. The third-order valence-electron chi connectivity index (χ3n) is 5.04. The van der Waals surface area contributed by atoms with Crippen molar-refractivity contribution in [3.63, 3.8) is 0 Å². The van der Waals surface area contributed by atoms with Gasteiger partial charge in [0.25, 0.3) is 0 Å². The van der Waals surface area contributed by atoms with Gasteiger partial charge in [0.05, 0.1) is 26.2 Å². The molecule has 2 heterocycles. The highest BCUT2D eigenvalue weighted by atomic mass is 32.1. The van der Waals surface area contributed by atoms with Gasteiger partial charge in [-0.25, -0.2) is 0 Å². The predicted octanol–water partition coefficient (Wildman–Crippen LogP) is 1.82. The third-order valence-corrected chi connectivity index (χ3v) is 5.40. The first-order valence-electron chi connectivity index (χ1n) is 9.03. The van der Waals surface area contributed by atoms with Crippen LogP contribution in [0.3, 0.4) is 0 Å². The van der Waals surface area contributed by atoms with Crippen molar-refractivity contribution in [2.45, 2.75) is 13.5 Å². The highest BCUT2D eigenvalue weighted by molar-refractivity contribution is 7.80. The van der Waals surface area contributed by atoms with E-state index >= 15 is 0 Å². The van der Waals surface area contributed by atoms with Gasteiger partial charge in [0.1, 0.15) is 6.54 Å². The van der Waals surface area contributed by atoms with Crippen molar-refractivity contribution in [2.75, 3.05) is 38.3 Å². The Morgan fingerprint density at radius 1 is 1.12 bits per heavy atom. The van der Waals surface area contributed by atoms with Gasteiger partial charge in [-0.3, -0.25) is 0 Å². The fraction of sp³-hybridized carbons (Fsp3) is 0.350. The number of nitrogens with zero attached hydrogens (tertiary/aromatic N) is 1. The fourth-order valence-corrected chi connectivity index (χ4v) is 3.74. The minimum Gasteiger partial charge on any atom is -0.454 e. The van der Waals surface area contributed by atoms with Crippen LogP contribution in [0.25, 0.3) is 0 Å². The van der Waals surface area contributed by atoms with E-state index in [1.165, 1.54) is 11.1 Å². The van der Waals surface area contributed by atoms with Gasteiger partial charge in [0, 0.05) is 11.3 Å². The Bertz CT molecular complexity index is 803. The van der Waals surface area contributed by atoms with E-state index in [0.29, 0.717) is 6.79 Å². The summed E-state index contributed by atoms with van der Waals surface area (Å²) in [6, 6.07) is 14.5. The predicted molar refractivity (Wildman–Crippen MR) is 106 cm³/mol. The Morgan fingerprint density at radius 2 is 1.88 bits per heavy atom. The molecule has 1 saturated heterocycles. The van der Waals surface area contributed by atoms with E-state index in [4.69, 9.17) is 21.7 Å². The van der Waals surface area contributed by atoms with Crippen molar-refractivity contribution < 1.29 is 14.4 Å². The van der Waals surface area contributed by atoms with E-state index in [1.54, 1.807) is 4.90 Å². The molecule has 0 amide bonds. The first kappa shape index (κ1) is 17.1. The average molecular weight is 370 g/mol. The summed E-state index contributed by atoms with van der Waals surface area (Å²) in [7, 11) is 0. The molecular formula is C20H24N3O2S+. The van der Waals surface area contributed by atoms with Crippen molar-refractivity contribution in [1.29, 1.82) is 0 Å². The van der Waals surface area contributed by atoms with Crippen molar-refractivity contribution in [3.05, 3.63) is 53.6 Å². The van der Waals surface area contributed by atoms with Crippen molar-refractivity contribution in [3.8, 4) is 11.5 Å². The number of nitrogens with one attached hydrogen (secondary N) is 2. The minimum atomic E-state index is 0.329. The molecule has 0 bridgehead atoms. The van der Waals surface area contributed by atoms with Gasteiger partial charge in [-0.05, 0) is 49.0 Å². The number of rotatable bonds is 3. The molecule has 2 aliphatic heterocycles. The molecule has 0 saturated carbocycles. The molecule has 2 aromatic rings. The van der Waals surface area contributed by atoms with Gasteiger partial charge >= 0.3 is 0 Å². The molecule has 0 radical (unpaired) electrons. The summed E-state index contributed by atoms with van der Waals surface area (Å²) in [5.74, 6) is 1.71. The van der Waals surface area contributed by atoms with E-state index < -0.39 is 0 Å². The monoisotopic (exact) mass is 370 g/mol. The van der Waals surface area contributed by atoms with Crippen LogP contribution >= 0.6 is 12.2 Å². The first-order valence-corrected chi connectivity index (χ1v) is 9.43. The molecule has 5 nitrogen and oxygen atoms in total. The minimum absolute atomic E-state index is 0.329. The van der Waals surface area contributed by atoms with Crippen molar-refractivity contribution in [2.24, 2.45) is 0 Å². The zero-order valence-electron chi connectivity index (χ0n) is 15.0. The molecule has 2 N–H and O–H groups in total. The average Bonchev–Trinajstić information content (AvgIpc) is 3.12. The molecule has 26 heavy (non-hydrogen) atoms. The van der Waals surface area contributed by atoms with Gasteiger partial charge < -0.3 is 24.6 Å². The maximum atomic E-state index is 5.61. The molecule has 0 spiro atoms. The molecule has 2 aliphatic rings. The molecule has 2 aromatic carbocycles. The Hall–Kier alpha value is -2.31. The lowest BCUT2D eigenvalue weighted by Gasteiger charge is -2.34. The van der Waals surface area contributed by atoms with E-state index in [2.05, 4.69) is 41.4 Å². The number of aryl methyl sites for hydroxylation is 1. The number of piperazine rings is 1. The van der Waals surface area contributed by atoms with Crippen LogP contribution in [-0.2, 0) is 6.54 Å². The topological polar surface area (TPSA) is 38.2 Å². The van der Waals surface area contributed by atoms with Crippen LogP contribution in [0.5, 0.6) is 11.5 Å². The lowest BCUT2D eigenvalue weighted by Crippen LogP contribution is -3.13. The zero-order chi connectivity index (χ0) is 17.9. The molecule has 136 valence electrons. The van der Waals surface area contributed by atoms with Gasteiger partial charge in [-0.2, -0.15) is 0 Å². The molecule has 6 heteroatoms. The number of para-hydroxylation sites is 1. The van der Waals surface area contributed by atoms with Crippen LogP contribution in [0.1, 0.15) is 11.1 Å². The maximum Gasteiger partial charge on any atom is 0.231 e. The van der Waals surface area contributed by atoms with E-state index in [0.717, 1.165) is 55.0 Å². The summed E-state index contributed by atoms with van der Waals surface area (Å²) < 4.78 is 10.9. The zero-order valence-corrected chi connectivity index (χ0v) is 15.8. The standard InChI is InChI=1S/C20H23N3O2S/c1-15-4-2-3-5-17(15)21-20(26)23-10-8-22(9-11-23)13-16-6-7-18-19(12-16)25-14-24-18/h2-7,12H,8-11,13-14H2,1H3,(H,21,26)/p+1. The number of ether oxygens (including phenoxy) is 2. The number of thiocarbonyl (C=S) groups is 1. The van der Waals surface area contributed by atoms with Gasteiger partial charge in [-0.15, -0.1) is 0 Å². The van der Waals surface area contributed by atoms with E-state index in [1.807, 2.05) is 18.2 Å². The number of quaternary nitrogens is 1. The smallest absolute Gasteiger partial charge is 0.231 e. The van der Waals surface area contributed by atoms with E-state index in [9.17, 15) is 0 Å². The second-order valence-corrected chi connectivity index (χ2v) is 7.23. The van der Waals surface area contributed by atoms with Crippen LogP contribution in [0, 0.1) is 6.92 Å². The van der Waals surface area contributed by atoms with Crippen LogP contribution in [-0.4, -0.2) is 43.0 Å². The van der Waals surface area contributed by atoms with Gasteiger partial charge in [-0.1, -0.05) is 18.2 Å². The largest absolute Gasteiger partial charge is 0.454 e. The van der Waals surface area contributed by atoms with Crippen molar-refractivity contribution >= 4 is 23.0 Å². The summed E-state index contributed by atoms with van der Waals surface area (Å²) >= 11 is 5.61. The number of hydrogen-bond donors (Lipinski definition) is 2. The van der Waals surface area contributed by atoms with Crippen LogP contribution in [0.15, 0.2) is 42.5 Å². The summed E-state index contributed by atoms with van der Waals surface area (Å²) in [4.78, 5) is 3.84. The Morgan fingerprint density at radius 3 is 2.69 bits per heavy atom. The fourth-order valence-electron chi connectivity index (χ4n) is 3.45. The van der Waals surface area contributed by atoms with Gasteiger partial charge in [0.15, 0.2) is 16.6 Å². The normalized spacial score (nSPS) is 16.6. The summed E-state index contributed by atoms with van der Waals surface area (Å²) in [5, 5.41) is 4.21. The maximum absolute atomic E-state index is 5.61. The highest BCUT2D eigenvalue weighted by Crippen LogP contribution is 2.32. The summed E-state index contributed by atoms with van der Waals surface area (Å²) in [6.07, 6.45) is 0. The van der Waals surface area contributed by atoms with E-state index in [-0.39, 0.29) is 0 Å². The number of hydrogen-bond acceptors (Lipinski definition) is 3. The van der Waals surface area contributed by atoms with Crippen LogP contribution in [0.4, 0.5) is 5.69 Å².